The molecular weight excluding hydrogens is 444 g/mol. The fourth-order valence-electron chi connectivity index (χ4n) is 4.36. The summed E-state index contributed by atoms with van der Waals surface area (Å²) in [4.78, 5) is 11.4. The molecule has 0 spiro atoms. The molecule has 0 amide bonds. The minimum atomic E-state index is -3.95. The Labute approximate surface area is 191 Å². The molecule has 10 heteroatoms. The summed E-state index contributed by atoms with van der Waals surface area (Å²) in [5, 5.41) is 24.4. The zero-order chi connectivity index (χ0) is 23.8. The summed E-state index contributed by atoms with van der Waals surface area (Å²) in [5.41, 5.74) is 1.12. The molecule has 1 aliphatic rings. The maximum Gasteiger partial charge on any atom is 0.309 e. The van der Waals surface area contributed by atoms with Gasteiger partial charge in [-0.25, -0.2) is 8.42 Å². The molecule has 1 fully saturated rings. The fraction of sp³-hybridized carbons (Fsp3) is 0.348. The molecule has 0 saturated carbocycles. The number of carboxylic acids is 1. The lowest BCUT2D eigenvalue weighted by Gasteiger charge is -2.20. The number of aromatic nitrogens is 2. The van der Waals surface area contributed by atoms with Crippen molar-refractivity contribution in [2.24, 2.45) is 5.92 Å². The monoisotopic (exact) mass is 468 g/mol. The van der Waals surface area contributed by atoms with Crippen LogP contribution in [0.4, 0.5) is 0 Å². The highest BCUT2D eigenvalue weighted by Gasteiger charge is 2.47. The molecule has 0 radical (unpaired) electrons. The highest BCUT2D eigenvalue weighted by molar-refractivity contribution is 7.89. The van der Waals surface area contributed by atoms with E-state index in [1.807, 2.05) is 26.0 Å². The molecule has 33 heavy (non-hydrogen) atoms. The second kappa shape index (κ2) is 8.84. The number of ether oxygens (including phenoxy) is 1. The lowest BCUT2D eigenvalue weighted by molar-refractivity contribution is -0.136. The second-order valence-electron chi connectivity index (χ2n) is 7.96. The number of aliphatic carboxylic acids is 1. The molecule has 1 N–H and O–H groups in total. The van der Waals surface area contributed by atoms with Gasteiger partial charge in [0.2, 0.25) is 10.0 Å². The first-order valence-corrected chi connectivity index (χ1v) is 12.0. The molecule has 1 saturated heterocycles. The number of rotatable bonds is 7. The highest BCUT2D eigenvalue weighted by Crippen LogP contribution is 2.38. The van der Waals surface area contributed by atoms with E-state index in [2.05, 4.69) is 11.2 Å². The van der Waals surface area contributed by atoms with Gasteiger partial charge in [0, 0.05) is 17.8 Å². The van der Waals surface area contributed by atoms with Crippen molar-refractivity contribution in [1.29, 1.82) is 5.26 Å². The van der Waals surface area contributed by atoms with E-state index in [9.17, 15) is 23.6 Å². The van der Waals surface area contributed by atoms with Gasteiger partial charge in [-0.1, -0.05) is 25.1 Å². The summed E-state index contributed by atoms with van der Waals surface area (Å²) >= 11 is 0. The van der Waals surface area contributed by atoms with Gasteiger partial charge in [0.25, 0.3) is 0 Å². The molecule has 0 unspecified atom stereocenters. The first-order chi connectivity index (χ1) is 15.8. The summed E-state index contributed by atoms with van der Waals surface area (Å²) in [7, 11) is -3.95. The van der Waals surface area contributed by atoms with E-state index < -0.39 is 28.1 Å². The normalized spacial score (nSPS) is 21.2. The van der Waals surface area contributed by atoms with Gasteiger partial charge in [0.1, 0.15) is 11.8 Å². The van der Waals surface area contributed by atoms with Crippen molar-refractivity contribution in [3.05, 3.63) is 54.2 Å². The van der Waals surface area contributed by atoms with Crippen LogP contribution >= 0.6 is 0 Å². The van der Waals surface area contributed by atoms with E-state index >= 15 is 0 Å². The minimum Gasteiger partial charge on any atom is -0.494 e. The lowest BCUT2D eigenvalue weighted by Crippen LogP contribution is -2.36. The summed E-state index contributed by atoms with van der Waals surface area (Å²) < 4.78 is 35.2. The van der Waals surface area contributed by atoms with Gasteiger partial charge in [-0.3, -0.25) is 9.48 Å². The number of nitriles is 1. The predicted octanol–water partition coefficient (Wildman–Crippen LogP) is 2.84. The Hall–Kier alpha value is -3.42. The summed E-state index contributed by atoms with van der Waals surface area (Å²) in [6.07, 6.45) is -0.246. The molecule has 2 aromatic carbocycles. The van der Waals surface area contributed by atoms with Crippen molar-refractivity contribution in [2.75, 3.05) is 13.2 Å². The van der Waals surface area contributed by atoms with Crippen LogP contribution in [0.3, 0.4) is 0 Å². The van der Waals surface area contributed by atoms with Gasteiger partial charge >= 0.3 is 5.97 Å². The van der Waals surface area contributed by atoms with Crippen molar-refractivity contribution in [3.63, 3.8) is 0 Å². The number of sulfonamides is 1. The fourth-order valence-corrected chi connectivity index (χ4v) is 6.00. The van der Waals surface area contributed by atoms with Crippen molar-refractivity contribution in [2.45, 2.75) is 37.2 Å². The number of fused-ring (bicyclic) bond motifs is 1. The summed E-state index contributed by atoms with van der Waals surface area (Å²) in [5.74, 6) is -0.803. The third-order valence-corrected chi connectivity index (χ3v) is 7.84. The molecule has 0 bridgehead atoms. The van der Waals surface area contributed by atoms with Crippen molar-refractivity contribution in [3.8, 4) is 11.8 Å². The number of para-hydroxylation sites is 1. The van der Waals surface area contributed by atoms with Gasteiger partial charge in [-0.2, -0.15) is 14.7 Å². The molecule has 9 nitrogen and oxygen atoms in total. The van der Waals surface area contributed by atoms with Gasteiger partial charge in [0.05, 0.1) is 41.2 Å². The highest BCUT2D eigenvalue weighted by atomic mass is 32.2. The Balaban J connectivity index is 1.73. The number of nitrogens with zero attached hydrogens (tertiary/aromatic N) is 4. The number of carbonyl (C=O) groups is 1. The smallest absolute Gasteiger partial charge is 0.309 e. The molecule has 3 atom stereocenters. The van der Waals surface area contributed by atoms with E-state index in [0.717, 1.165) is 0 Å². The average Bonchev–Trinajstić information content (AvgIpc) is 3.31. The maximum atomic E-state index is 13.4. The van der Waals surface area contributed by atoms with Crippen LogP contribution in [0, 0.1) is 17.2 Å². The van der Waals surface area contributed by atoms with E-state index in [-0.39, 0.29) is 23.8 Å². The zero-order valence-electron chi connectivity index (χ0n) is 18.2. The molecule has 1 aromatic heterocycles. The largest absolute Gasteiger partial charge is 0.494 e. The quantitative estimate of drug-likeness (QED) is 0.565. The number of hydrogen-bond donors (Lipinski definition) is 1. The minimum absolute atomic E-state index is 0.0487. The molecule has 1 aliphatic heterocycles. The Kier molecular flexibility index (Phi) is 6.10. The van der Waals surface area contributed by atoms with Crippen LogP contribution in [-0.4, -0.2) is 52.8 Å². The van der Waals surface area contributed by atoms with Crippen LogP contribution in [0.15, 0.2) is 53.4 Å². The average molecular weight is 469 g/mol. The number of carboxylic acid groups (broad SMARTS) is 1. The SMILES string of the molecule is CCOc1ccc(S(=O)(=O)N2C[C@H](n3nc(CC(=O)O)c4ccccc43)[C@H](C)[C@@H]2C#N)cc1. The molecule has 0 aliphatic carbocycles. The Morgan fingerprint density at radius 2 is 1.94 bits per heavy atom. The van der Waals surface area contributed by atoms with Crippen LogP contribution in [0.2, 0.25) is 0 Å². The van der Waals surface area contributed by atoms with Gasteiger partial charge < -0.3 is 9.84 Å². The third-order valence-electron chi connectivity index (χ3n) is 5.98. The van der Waals surface area contributed by atoms with Gasteiger partial charge in [-0.15, -0.1) is 0 Å². The van der Waals surface area contributed by atoms with E-state index in [0.29, 0.717) is 29.0 Å². The first kappa shape index (κ1) is 22.8. The molecule has 4 rings (SSSR count). The lowest BCUT2D eigenvalue weighted by atomic mass is 10.00. The number of benzene rings is 2. The Morgan fingerprint density at radius 3 is 2.58 bits per heavy atom. The number of hydrogen-bond acceptors (Lipinski definition) is 6. The van der Waals surface area contributed by atoms with Crippen molar-refractivity contribution >= 4 is 26.9 Å². The standard InChI is InChI=1S/C23H24N4O5S/c1-3-32-16-8-10-17(11-9-16)33(30,31)26-14-22(15(2)21(26)13-24)27-20-7-5-4-6-18(20)19(25-27)12-23(28)29/h4-11,15,21-22H,3,12,14H2,1-2H3,(H,28,29)/t15-,21+,22+/m1/s1. The summed E-state index contributed by atoms with van der Waals surface area (Å²) in [6.45, 7) is 4.18. The zero-order valence-corrected chi connectivity index (χ0v) is 19.1. The Bertz CT molecular complexity index is 1330. The van der Waals surface area contributed by atoms with Crippen molar-refractivity contribution in [1.82, 2.24) is 14.1 Å². The predicted molar refractivity (Wildman–Crippen MR) is 120 cm³/mol. The first-order valence-electron chi connectivity index (χ1n) is 10.6. The van der Waals surface area contributed by atoms with E-state index in [1.165, 1.54) is 16.4 Å². The maximum absolute atomic E-state index is 13.4. The van der Waals surface area contributed by atoms with Crippen LogP contribution in [0.1, 0.15) is 25.6 Å². The second-order valence-corrected chi connectivity index (χ2v) is 9.85. The van der Waals surface area contributed by atoms with E-state index in [1.54, 1.807) is 28.9 Å². The van der Waals surface area contributed by atoms with E-state index in [4.69, 9.17) is 4.74 Å². The molecule has 2 heterocycles. The molecule has 172 valence electrons. The van der Waals surface area contributed by atoms with Gasteiger partial charge in [0.15, 0.2) is 0 Å². The third kappa shape index (κ3) is 4.05. The molecule has 3 aromatic rings. The molecular formula is C23H24N4O5S. The van der Waals surface area contributed by atoms with Crippen LogP contribution < -0.4 is 4.74 Å². The van der Waals surface area contributed by atoms with Crippen LogP contribution in [0.5, 0.6) is 5.75 Å². The van der Waals surface area contributed by atoms with Gasteiger partial charge in [-0.05, 0) is 37.3 Å². The van der Waals surface area contributed by atoms with Crippen LogP contribution in [-0.2, 0) is 21.2 Å². The Morgan fingerprint density at radius 1 is 1.24 bits per heavy atom. The summed E-state index contributed by atoms with van der Waals surface area (Å²) in [6, 6.07) is 14.2. The van der Waals surface area contributed by atoms with Crippen LogP contribution in [0.25, 0.3) is 10.9 Å². The topological polar surface area (TPSA) is 126 Å². The van der Waals surface area contributed by atoms with Crippen molar-refractivity contribution < 1.29 is 23.1 Å².